The van der Waals surface area contributed by atoms with Gasteiger partial charge in [0.05, 0.1) is 0 Å². The second kappa shape index (κ2) is 4.89. The number of aromatic hydroxyl groups is 2. The van der Waals surface area contributed by atoms with Gasteiger partial charge in [-0.2, -0.15) is 0 Å². The van der Waals surface area contributed by atoms with E-state index in [-0.39, 0.29) is 11.5 Å². The molecule has 0 saturated carbocycles. The highest BCUT2D eigenvalue weighted by Crippen LogP contribution is 2.31. The normalized spacial score (nSPS) is 10.4. The number of benzene rings is 1. The summed E-state index contributed by atoms with van der Waals surface area (Å²) in [6.45, 7) is 4.08. The summed E-state index contributed by atoms with van der Waals surface area (Å²) in [4.78, 5) is 0. The standard InChI is InChI=1S/C12H17O2/c1-3-5-9-7-8-11(13)10(6-4-2)12(9)14/h7,13-14H,3-6H2,1-2H3. The molecular weight excluding hydrogens is 176 g/mol. The SMILES string of the molecule is CCCc1c[c]c(O)c(CCC)c1O. The Hall–Kier alpha value is -1.18. The maximum atomic E-state index is 9.85. The Bertz CT molecular complexity index is 305. The molecule has 14 heavy (non-hydrogen) atoms. The minimum Gasteiger partial charge on any atom is -0.507 e. The van der Waals surface area contributed by atoms with Crippen molar-refractivity contribution in [2.24, 2.45) is 0 Å². The first-order valence-corrected chi connectivity index (χ1v) is 5.15. The van der Waals surface area contributed by atoms with Crippen molar-refractivity contribution >= 4 is 0 Å². The van der Waals surface area contributed by atoms with Crippen LogP contribution in [0.1, 0.15) is 37.8 Å². The van der Waals surface area contributed by atoms with E-state index in [1.165, 1.54) is 0 Å². The van der Waals surface area contributed by atoms with Crippen molar-refractivity contribution in [3.8, 4) is 11.5 Å². The molecule has 0 unspecified atom stereocenters. The molecule has 0 aliphatic carbocycles. The minimum absolute atomic E-state index is 0.0872. The zero-order valence-electron chi connectivity index (χ0n) is 8.80. The lowest BCUT2D eigenvalue weighted by molar-refractivity contribution is 0.432. The van der Waals surface area contributed by atoms with E-state index in [1.807, 2.05) is 6.92 Å². The summed E-state index contributed by atoms with van der Waals surface area (Å²) in [6.07, 6.45) is 3.42. The molecule has 0 aromatic heterocycles. The van der Waals surface area contributed by atoms with Crippen LogP contribution in [0.5, 0.6) is 11.5 Å². The summed E-state index contributed by atoms with van der Waals surface area (Å²) < 4.78 is 0. The first-order valence-electron chi connectivity index (χ1n) is 5.15. The second-order valence-corrected chi connectivity index (χ2v) is 3.49. The maximum Gasteiger partial charge on any atom is 0.130 e. The van der Waals surface area contributed by atoms with Gasteiger partial charge in [0.15, 0.2) is 0 Å². The number of phenolic OH excluding ortho intramolecular Hbond substituents is 2. The van der Waals surface area contributed by atoms with Crippen LogP contribution in [0, 0.1) is 6.07 Å². The van der Waals surface area contributed by atoms with Crippen molar-refractivity contribution in [2.75, 3.05) is 0 Å². The van der Waals surface area contributed by atoms with Crippen LogP contribution in [0.25, 0.3) is 0 Å². The van der Waals surface area contributed by atoms with E-state index in [0.29, 0.717) is 12.0 Å². The number of phenols is 2. The third-order valence-electron chi connectivity index (χ3n) is 2.28. The Morgan fingerprint density at radius 2 is 1.79 bits per heavy atom. The first kappa shape index (κ1) is 10.9. The number of hydrogen-bond donors (Lipinski definition) is 2. The van der Waals surface area contributed by atoms with Crippen LogP contribution >= 0.6 is 0 Å². The monoisotopic (exact) mass is 193 g/mol. The highest BCUT2D eigenvalue weighted by atomic mass is 16.3. The summed E-state index contributed by atoms with van der Waals surface area (Å²) in [5, 5.41) is 19.4. The van der Waals surface area contributed by atoms with Crippen molar-refractivity contribution in [2.45, 2.75) is 39.5 Å². The second-order valence-electron chi connectivity index (χ2n) is 3.49. The van der Waals surface area contributed by atoms with Crippen molar-refractivity contribution in [1.29, 1.82) is 0 Å². The van der Waals surface area contributed by atoms with Gasteiger partial charge in [-0.1, -0.05) is 26.7 Å². The van der Waals surface area contributed by atoms with E-state index < -0.39 is 0 Å². The van der Waals surface area contributed by atoms with Crippen LogP contribution in [0.15, 0.2) is 6.07 Å². The van der Waals surface area contributed by atoms with Crippen LogP contribution < -0.4 is 0 Å². The van der Waals surface area contributed by atoms with Gasteiger partial charge in [-0.3, -0.25) is 0 Å². The van der Waals surface area contributed by atoms with Crippen molar-refractivity contribution in [3.63, 3.8) is 0 Å². The summed E-state index contributed by atoms with van der Waals surface area (Å²) >= 11 is 0. The Labute approximate surface area is 85.2 Å². The van der Waals surface area contributed by atoms with E-state index >= 15 is 0 Å². The first-order chi connectivity index (χ1) is 6.70. The molecule has 1 aromatic rings. The quantitative estimate of drug-likeness (QED) is 0.772. The van der Waals surface area contributed by atoms with Gasteiger partial charge < -0.3 is 10.2 Å². The van der Waals surface area contributed by atoms with Gasteiger partial charge in [0, 0.05) is 11.6 Å². The average Bonchev–Trinajstić information content (AvgIpc) is 2.17. The van der Waals surface area contributed by atoms with Crippen LogP contribution in [-0.4, -0.2) is 10.2 Å². The largest absolute Gasteiger partial charge is 0.507 e. The predicted octanol–water partition coefficient (Wildman–Crippen LogP) is 2.80. The summed E-state index contributed by atoms with van der Waals surface area (Å²) in [6, 6.07) is 4.45. The van der Waals surface area contributed by atoms with Gasteiger partial charge in [-0.05, 0) is 24.5 Å². The van der Waals surface area contributed by atoms with E-state index in [9.17, 15) is 10.2 Å². The van der Waals surface area contributed by atoms with Crippen molar-refractivity contribution < 1.29 is 10.2 Å². The average molecular weight is 193 g/mol. The van der Waals surface area contributed by atoms with Crippen LogP contribution in [0.2, 0.25) is 0 Å². The Morgan fingerprint density at radius 1 is 1.14 bits per heavy atom. The van der Waals surface area contributed by atoms with Crippen LogP contribution in [-0.2, 0) is 12.8 Å². The molecule has 0 saturated heterocycles. The highest BCUT2D eigenvalue weighted by molar-refractivity contribution is 5.48. The van der Waals surface area contributed by atoms with Gasteiger partial charge in [0.2, 0.25) is 0 Å². The van der Waals surface area contributed by atoms with Gasteiger partial charge >= 0.3 is 0 Å². The molecule has 0 bridgehead atoms. The minimum atomic E-state index is 0.0872. The molecule has 1 radical (unpaired) electrons. The Kier molecular flexibility index (Phi) is 3.81. The van der Waals surface area contributed by atoms with E-state index in [2.05, 4.69) is 13.0 Å². The zero-order valence-corrected chi connectivity index (χ0v) is 8.80. The topological polar surface area (TPSA) is 40.5 Å². The fourth-order valence-electron chi connectivity index (χ4n) is 1.56. The van der Waals surface area contributed by atoms with Gasteiger partial charge in [0.1, 0.15) is 11.5 Å². The Morgan fingerprint density at radius 3 is 2.36 bits per heavy atom. The molecular formula is C12H17O2. The summed E-state index contributed by atoms with van der Waals surface area (Å²) in [5.41, 5.74) is 1.52. The zero-order chi connectivity index (χ0) is 10.6. The molecule has 2 N–H and O–H groups in total. The fourth-order valence-corrected chi connectivity index (χ4v) is 1.56. The van der Waals surface area contributed by atoms with Crippen molar-refractivity contribution in [1.82, 2.24) is 0 Å². The van der Waals surface area contributed by atoms with Gasteiger partial charge in [-0.25, -0.2) is 0 Å². The lowest BCUT2D eigenvalue weighted by Crippen LogP contribution is -1.92. The molecule has 0 aliphatic heterocycles. The highest BCUT2D eigenvalue weighted by Gasteiger charge is 2.10. The molecule has 1 aromatic carbocycles. The molecule has 0 amide bonds. The smallest absolute Gasteiger partial charge is 0.130 e. The third-order valence-corrected chi connectivity index (χ3v) is 2.28. The molecule has 0 atom stereocenters. The molecule has 0 spiro atoms. The number of aryl methyl sites for hydroxylation is 1. The van der Waals surface area contributed by atoms with E-state index in [4.69, 9.17) is 0 Å². The summed E-state index contributed by atoms with van der Waals surface area (Å²) in [7, 11) is 0. The van der Waals surface area contributed by atoms with E-state index in [1.54, 1.807) is 6.07 Å². The van der Waals surface area contributed by atoms with Crippen molar-refractivity contribution in [3.05, 3.63) is 23.3 Å². The van der Waals surface area contributed by atoms with Crippen LogP contribution in [0.4, 0.5) is 0 Å². The molecule has 77 valence electrons. The molecule has 2 nitrogen and oxygen atoms in total. The van der Waals surface area contributed by atoms with Gasteiger partial charge in [-0.15, -0.1) is 0 Å². The van der Waals surface area contributed by atoms with E-state index in [0.717, 1.165) is 24.8 Å². The Balaban J connectivity index is 3.05. The molecule has 0 heterocycles. The summed E-state index contributed by atoms with van der Waals surface area (Å²) in [5.74, 6) is 0.342. The predicted molar refractivity (Wildman–Crippen MR) is 56.6 cm³/mol. The van der Waals surface area contributed by atoms with Gasteiger partial charge in [0.25, 0.3) is 0 Å². The molecule has 2 heteroatoms. The maximum absolute atomic E-state index is 9.85. The lowest BCUT2D eigenvalue weighted by Gasteiger charge is -2.09. The third kappa shape index (κ3) is 2.19. The number of hydrogen-bond acceptors (Lipinski definition) is 2. The number of rotatable bonds is 4. The molecule has 0 fully saturated rings. The lowest BCUT2D eigenvalue weighted by atomic mass is 10.0. The molecule has 0 aliphatic rings. The van der Waals surface area contributed by atoms with Crippen LogP contribution in [0.3, 0.4) is 0 Å². The fraction of sp³-hybridized carbons (Fsp3) is 0.500. The molecule has 1 rings (SSSR count).